The maximum Gasteiger partial charge on any atom is 0.0575 e. The predicted molar refractivity (Wildman–Crippen MR) is 78.6 cm³/mol. The smallest absolute Gasteiger partial charge is 0.0575 e. The Morgan fingerprint density at radius 3 is 2.72 bits per heavy atom. The second kappa shape index (κ2) is 7.27. The minimum Gasteiger partial charge on any atom is -0.378 e. The Bertz CT molecular complexity index is 346. The second-order valence-electron chi connectivity index (χ2n) is 5.16. The van der Waals surface area contributed by atoms with Crippen LogP contribution in [0.5, 0.6) is 0 Å². The number of ether oxygens (including phenoxy) is 1. The van der Waals surface area contributed by atoms with E-state index in [2.05, 4.69) is 40.2 Å². The first-order valence-corrected chi connectivity index (χ1v) is 7.65. The molecule has 2 nitrogen and oxygen atoms in total. The lowest BCUT2D eigenvalue weighted by Gasteiger charge is -2.23. The molecular formula is C15H22BrNO. The molecule has 2 rings (SSSR count). The highest BCUT2D eigenvalue weighted by Crippen LogP contribution is 2.18. The zero-order valence-corrected chi connectivity index (χ0v) is 12.4. The molecule has 2 unspecified atom stereocenters. The Morgan fingerprint density at radius 2 is 2.06 bits per heavy atom. The topological polar surface area (TPSA) is 35.2 Å². The first-order valence-electron chi connectivity index (χ1n) is 6.85. The summed E-state index contributed by atoms with van der Waals surface area (Å²) in [7, 11) is 0. The van der Waals surface area contributed by atoms with E-state index in [1.54, 1.807) is 0 Å². The lowest BCUT2D eigenvalue weighted by atomic mass is 9.98. The molecule has 0 aromatic heterocycles. The number of hydrogen-bond acceptors (Lipinski definition) is 2. The van der Waals surface area contributed by atoms with Crippen LogP contribution in [0.2, 0.25) is 0 Å². The Labute approximate surface area is 118 Å². The average Bonchev–Trinajstić information content (AvgIpc) is 2.40. The molecule has 0 spiro atoms. The number of halogens is 1. The van der Waals surface area contributed by atoms with Crippen molar-refractivity contribution in [2.24, 2.45) is 5.73 Å². The van der Waals surface area contributed by atoms with Crippen LogP contribution in [0.1, 0.15) is 37.7 Å². The summed E-state index contributed by atoms with van der Waals surface area (Å²) in [5, 5.41) is 0. The summed E-state index contributed by atoms with van der Waals surface area (Å²) < 4.78 is 6.85. The summed E-state index contributed by atoms with van der Waals surface area (Å²) in [6.07, 6.45) is 7.33. The van der Waals surface area contributed by atoms with Crippen LogP contribution in [0, 0.1) is 0 Å². The van der Waals surface area contributed by atoms with Crippen molar-refractivity contribution in [3.63, 3.8) is 0 Å². The van der Waals surface area contributed by atoms with Crippen LogP contribution in [0.4, 0.5) is 0 Å². The van der Waals surface area contributed by atoms with Crippen molar-refractivity contribution in [3.05, 3.63) is 34.3 Å². The van der Waals surface area contributed by atoms with Gasteiger partial charge in [-0.1, -0.05) is 28.1 Å². The van der Waals surface area contributed by atoms with Gasteiger partial charge in [0.15, 0.2) is 0 Å². The van der Waals surface area contributed by atoms with E-state index in [9.17, 15) is 0 Å². The predicted octanol–water partition coefficient (Wildman–Crippen LogP) is 3.67. The standard InChI is InChI=1S/C15H22BrNO/c16-13-6-4-12(5-7-13)11-14(17)8-9-15-3-1-2-10-18-15/h4-7,14-15H,1-3,8-11,17H2. The average molecular weight is 312 g/mol. The van der Waals surface area contributed by atoms with Gasteiger partial charge in [-0.3, -0.25) is 0 Å². The molecule has 1 aromatic rings. The summed E-state index contributed by atoms with van der Waals surface area (Å²) in [4.78, 5) is 0. The van der Waals surface area contributed by atoms with Crippen LogP contribution < -0.4 is 5.73 Å². The largest absolute Gasteiger partial charge is 0.378 e. The van der Waals surface area contributed by atoms with Crippen molar-refractivity contribution in [2.45, 2.75) is 50.7 Å². The maximum absolute atomic E-state index is 6.19. The van der Waals surface area contributed by atoms with Gasteiger partial charge in [0.25, 0.3) is 0 Å². The van der Waals surface area contributed by atoms with Crippen LogP contribution in [0.25, 0.3) is 0 Å². The number of rotatable bonds is 5. The fourth-order valence-corrected chi connectivity index (χ4v) is 2.72. The van der Waals surface area contributed by atoms with Gasteiger partial charge in [0.2, 0.25) is 0 Å². The van der Waals surface area contributed by atoms with Crippen molar-refractivity contribution in [1.82, 2.24) is 0 Å². The van der Waals surface area contributed by atoms with E-state index in [4.69, 9.17) is 10.5 Å². The second-order valence-corrected chi connectivity index (χ2v) is 6.07. The van der Waals surface area contributed by atoms with Crippen molar-refractivity contribution in [1.29, 1.82) is 0 Å². The van der Waals surface area contributed by atoms with E-state index in [1.807, 2.05) is 0 Å². The van der Waals surface area contributed by atoms with Gasteiger partial charge in [-0.2, -0.15) is 0 Å². The van der Waals surface area contributed by atoms with Gasteiger partial charge < -0.3 is 10.5 Å². The maximum atomic E-state index is 6.19. The lowest BCUT2D eigenvalue weighted by Crippen LogP contribution is -2.27. The molecule has 18 heavy (non-hydrogen) atoms. The molecule has 0 amide bonds. The Morgan fingerprint density at radius 1 is 1.28 bits per heavy atom. The Kier molecular flexibility index (Phi) is 5.67. The normalized spacial score (nSPS) is 21.8. The summed E-state index contributed by atoms with van der Waals surface area (Å²) >= 11 is 3.45. The minimum atomic E-state index is 0.247. The van der Waals surface area contributed by atoms with Crippen LogP contribution >= 0.6 is 15.9 Å². The molecule has 1 heterocycles. The summed E-state index contributed by atoms with van der Waals surface area (Å²) in [6, 6.07) is 8.68. The van der Waals surface area contributed by atoms with Crippen LogP contribution in [0.3, 0.4) is 0 Å². The molecule has 1 aromatic carbocycles. The van der Waals surface area contributed by atoms with Gasteiger partial charge >= 0.3 is 0 Å². The van der Waals surface area contributed by atoms with Gasteiger partial charge in [0.05, 0.1) is 6.10 Å². The molecule has 1 saturated heterocycles. The van der Waals surface area contributed by atoms with Crippen molar-refractivity contribution in [2.75, 3.05) is 6.61 Å². The molecule has 2 atom stereocenters. The first kappa shape index (κ1) is 14.0. The van der Waals surface area contributed by atoms with Gasteiger partial charge in [-0.05, 0) is 56.2 Å². The summed E-state index contributed by atoms with van der Waals surface area (Å²) in [6.45, 7) is 0.937. The van der Waals surface area contributed by atoms with E-state index >= 15 is 0 Å². The van der Waals surface area contributed by atoms with Crippen LogP contribution in [0.15, 0.2) is 28.7 Å². The Hall–Kier alpha value is -0.380. The molecule has 0 saturated carbocycles. The molecule has 0 radical (unpaired) electrons. The highest BCUT2D eigenvalue weighted by molar-refractivity contribution is 9.10. The number of benzene rings is 1. The molecule has 100 valence electrons. The molecule has 1 fully saturated rings. The van der Waals surface area contributed by atoms with Crippen molar-refractivity contribution < 1.29 is 4.74 Å². The molecule has 2 N–H and O–H groups in total. The van der Waals surface area contributed by atoms with Crippen molar-refractivity contribution in [3.8, 4) is 0 Å². The molecule has 0 bridgehead atoms. The third-order valence-corrected chi connectivity index (χ3v) is 4.07. The fraction of sp³-hybridized carbons (Fsp3) is 0.600. The van der Waals surface area contributed by atoms with Crippen LogP contribution in [-0.4, -0.2) is 18.8 Å². The molecule has 0 aliphatic carbocycles. The lowest BCUT2D eigenvalue weighted by molar-refractivity contribution is 0.00915. The Balaban J connectivity index is 1.71. The van der Waals surface area contributed by atoms with E-state index < -0.39 is 0 Å². The highest BCUT2D eigenvalue weighted by atomic mass is 79.9. The van der Waals surface area contributed by atoms with E-state index in [-0.39, 0.29) is 6.04 Å². The molecule has 1 aliphatic heterocycles. The van der Waals surface area contributed by atoms with E-state index in [1.165, 1.54) is 24.8 Å². The van der Waals surface area contributed by atoms with Crippen LogP contribution in [-0.2, 0) is 11.2 Å². The quantitative estimate of drug-likeness (QED) is 0.900. The van der Waals surface area contributed by atoms with Gasteiger partial charge in [0.1, 0.15) is 0 Å². The summed E-state index contributed by atoms with van der Waals surface area (Å²) in [5.74, 6) is 0. The van der Waals surface area contributed by atoms with Gasteiger partial charge in [-0.25, -0.2) is 0 Å². The minimum absolute atomic E-state index is 0.247. The first-order chi connectivity index (χ1) is 8.74. The zero-order valence-electron chi connectivity index (χ0n) is 10.8. The van der Waals surface area contributed by atoms with E-state index in [0.717, 1.165) is 30.3 Å². The third-order valence-electron chi connectivity index (χ3n) is 3.54. The molecule has 1 aliphatic rings. The van der Waals surface area contributed by atoms with Gasteiger partial charge in [0, 0.05) is 17.1 Å². The highest BCUT2D eigenvalue weighted by Gasteiger charge is 2.15. The third kappa shape index (κ3) is 4.71. The van der Waals surface area contributed by atoms with E-state index in [0.29, 0.717) is 6.10 Å². The monoisotopic (exact) mass is 311 g/mol. The summed E-state index contributed by atoms with van der Waals surface area (Å²) in [5.41, 5.74) is 7.51. The fourth-order valence-electron chi connectivity index (χ4n) is 2.46. The SMILES string of the molecule is NC(CCC1CCCCO1)Cc1ccc(Br)cc1. The molecule has 3 heteroatoms. The zero-order chi connectivity index (χ0) is 12.8. The van der Waals surface area contributed by atoms with Gasteiger partial charge in [-0.15, -0.1) is 0 Å². The number of nitrogens with two attached hydrogens (primary N) is 1. The van der Waals surface area contributed by atoms with Crippen molar-refractivity contribution >= 4 is 15.9 Å². The number of hydrogen-bond donors (Lipinski definition) is 1. The molecular weight excluding hydrogens is 290 g/mol.